The molecule has 0 aromatic heterocycles. The number of hydrogen-bond acceptors (Lipinski definition) is 3. The first-order chi connectivity index (χ1) is 9.43. The van der Waals surface area contributed by atoms with Crippen LogP contribution in [0.3, 0.4) is 0 Å². The van der Waals surface area contributed by atoms with Gasteiger partial charge in [-0.1, -0.05) is 25.7 Å². The summed E-state index contributed by atoms with van der Waals surface area (Å²) < 4.78 is 5.34. The third-order valence-corrected chi connectivity index (χ3v) is 3.39. The summed E-state index contributed by atoms with van der Waals surface area (Å²) in [5, 5.41) is 3.29. The molecule has 0 atom stereocenters. The van der Waals surface area contributed by atoms with Crippen molar-refractivity contribution in [3.8, 4) is 11.8 Å². The van der Waals surface area contributed by atoms with Gasteiger partial charge in [-0.05, 0) is 32.4 Å². The molecule has 0 unspecified atom stereocenters. The van der Waals surface area contributed by atoms with Gasteiger partial charge < -0.3 is 10.1 Å². The molecule has 0 aromatic rings. The van der Waals surface area contributed by atoms with E-state index in [1.54, 1.807) is 0 Å². The summed E-state index contributed by atoms with van der Waals surface area (Å²) >= 11 is 0. The predicted octanol–water partition coefficient (Wildman–Crippen LogP) is 2.27. The molecule has 0 radical (unpaired) electrons. The lowest BCUT2D eigenvalue weighted by atomic mass is 10.1. The summed E-state index contributed by atoms with van der Waals surface area (Å²) in [6, 6.07) is 0. The Morgan fingerprint density at radius 1 is 1.05 bits per heavy atom. The van der Waals surface area contributed by atoms with Crippen LogP contribution in [0.5, 0.6) is 0 Å². The first-order valence-corrected chi connectivity index (χ1v) is 7.90. The van der Waals surface area contributed by atoms with E-state index in [0.29, 0.717) is 0 Å². The maximum atomic E-state index is 5.34. The van der Waals surface area contributed by atoms with E-state index in [1.807, 2.05) is 0 Å². The lowest BCUT2D eigenvalue weighted by Gasteiger charge is -2.26. The monoisotopic (exact) mass is 266 g/mol. The summed E-state index contributed by atoms with van der Waals surface area (Å²) in [6.07, 6.45) is 7.49. The number of rotatable bonds is 9. The van der Waals surface area contributed by atoms with Gasteiger partial charge in [-0.15, -0.1) is 5.92 Å². The summed E-state index contributed by atoms with van der Waals surface area (Å²) in [4.78, 5) is 2.52. The van der Waals surface area contributed by atoms with Crippen molar-refractivity contribution in [1.29, 1.82) is 0 Å². The Morgan fingerprint density at radius 2 is 1.84 bits per heavy atom. The molecular weight excluding hydrogens is 236 g/mol. The van der Waals surface area contributed by atoms with Crippen LogP contribution in [0, 0.1) is 11.8 Å². The number of hydrogen-bond donors (Lipinski definition) is 1. The van der Waals surface area contributed by atoms with Gasteiger partial charge in [0.25, 0.3) is 0 Å². The van der Waals surface area contributed by atoms with Crippen molar-refractivity contribution in [2.75, 3.05) is 45.9 Å². The van der Waals surface area contributed by atoms with Gasteiger partial charge in [0.2, 0.25) is 0 Å². The molecule has 0 amide bonds. The van der Waals surface area contributed by atoms with Crippen LogP contribution in [0.1, 0.15) is 45.4 Å². The highest BCUT2D eigenvalue weighted by molar-refractivity contribution is 5.00. The van der Waals surface area contributed by atoms with E-state index in [2.05, 4.69) is 29.0 Å². The van der Waals surface area contributed by atoms with Crippen molar-refractivity contribution in [3.63, 3.8) is 0 Å². The number of nitrogens with zero attached hydrogens (tertiary/aromatic N) is 1. The molecule has 110 valence electrons. The smallest absolute Gasteiger partial charge is 0.0594 e. The maximum Gasteiger partial charge on any atom is 0.0594 e. The number of morpholine rings is 1. The topological polar surface area (TPSA) is 24.5 Å². The molecule has 0 bridgehead atoms. The minimum Gasteiger partial charge on any atom is -0.379 e. The van der Waals surface area contributed by atoms with Gasteiger partial charge in [-0.25, -0.2) is 0 Å². The standard InChI is InChI=1S/C16H30N2O/c1-2-10-17-11-8-6-4-3-5-7-9-12-18-13-15-19-16-14-18/h17H,2-5,7,9-16H2,1H3. The molecule has 1 aliphatic heterocycles. The van der Waals surface area contributed by atoms with E-state index in [9.17, 15) is 0 Å². The second kappa shape index (κ2) is 12.5. The van der Waals surface area contributed by atoms with Crippen molar-refractivity contribution >= 4 is 0 Å². The summed E-state index contributed by atoms with van der Waals surface area (Å²) in [7, 11) is 0. The SMILES string of the molecule is CCCNCC#CCCCCCCN1CCOCC1. The van der Waals surface area contributed by atoms with Gasteiger partial charge in [0.05, 0.1) is 19.8 Å². The third kappa shape index (κ3) is 9.95. The second-order valence-corrected chi connectivity index (χ2v) is 5.15. The van der Waals surface area contributed by atoms with E-state index >= 15 is 0 Å². The fraction of sp³-hybridized carbons (Fsp3) is 0.875. The molecule has 19 heavy (non-hydrogen) atoms. The van der Waals surface area contributed by atoms with Gasteiger partial charge in [0.1, 0.15) is 0 Å². The van der Waals surface area contributed by atoms with E-state index < -0.39 is 0 Å². The largest absolute Gasteiger partial charge is 0.379 e. The van der Waals surface area contributed by atoms with Crippen molar-refractivity contribution in [3.05, 3.63) is 0 Å². The average Bonchev–Trinajstić information content (AvgIpc) is 2.46. The third-order valence-electron chi connectivity index (χ3n) is 3.39. The molecular formula is C16H30N2O. The van der Waals surface area contributed by atoms with Gasteiger partial charge in [-0.3, -0.25) is 4.90 Å². The minimum atomic E-state index is 0.852. The first-order valence-electron chi connectivity index (χ1n) is 7.90. The van der Waals surface area contributed by atoms with Crippen molar-refractivity contribution in [1.82, 2.24) is 10.2 Å². The zero-order chi connectivity index (χ0) is 13.6. The van der Waals surface area contributed by atoms with Crippen LogP contribution in [-0.2, 0) is 4.74 Å². The molecule has 0 spiro atoms. The molecule has 1 rings (SSSR count). The quantitative estimate of drug-likeness (QED) is 0.512. The van der Waals surface area contributed by atoms with Gasteiger partial charge in [0.15, 0.2) is 0 Å². The van der Waals surface area contributed by atoms with Crippen LogP contribution >= 0.6 is 0 Å². The van der Waals surface area contributed by atoms with Gasteiger partial charge >= 0.3 is 0 Å². The molecule has 0 aliphatic carbocycles. The molecule has 3 nitrogen and oxygen atoms in total. The Morgan fingerprint density at radius 3 is 2.63 bits per heavy atom. The lowest BCUT2D eigenvalue weighted by Crippen LogP contribution is -2.36. The van der Waals surface area contributed by atoms with Crippen LogP contribution in [0.4, 0.5) is 0 Å². The second-order valence-electron chi connectivity index (χ2n) is 5.15. The first kappa shape index (κ1) is 16.5. The highest BCUT2D eigenvalue weighted by atomic mass is 16.5. The average molecular weight is 266 g/mol. The van der Waals surface area contributed by atoms with Crippen molar-refractivity contribution in [2.45, 2.75) is 45.4 Å². The summed E-state index contributed by atoms with van der Waals surface area (Å²) in [5.74, 6) is 6.42. The Hall–Kier alpha value is -0.560. The number of unbranched alkanes of at least 4 members (excludes halogenated alkanes) is 4. The fourth-order valence-electron chi connectivity index (χ4n) is 2.21. The van der Waals surface area contributed by atoms with Crippen molar-refractivity contribution < 1.29 is 4.74 Å². The Kier molecular flexibility index (Phi) is 10.8. The fourth-order valence-corrected chi connectivity index (χ4v) is 2.21. The van der Waals surface area contributed by atoms with Gasteiger partial charge in [-0.2, -0.15) is 0 Å². The molecule has 1 fully saturated rings. The van der Waals surface area contributed by atoms with E-state index in [0.717, 1.165) is 45.8 Å². The summed E-state index contributed by atoms with van der Waals surface area (Å²) in [5.41, 5.74) is 0. The maximum absolute atomic E-state index is 5.34. The predicted molar refractivity (Wildman–Crippen MR) is 81.3 cm³/mol. The van der Waals surface area contributed by atoms with E-state index in [-0.39, 0.29) is 0 Å². The number of ether oxygens (including phenoxy) is 1. The summed E-state index contributed by atoms with van der Waals surface area (Å²) in [6.45, 7) is 9.43. The molecule has 0 saturated carbocycles. The highest BCUT2D eigenvalue weighted by Crippen LogP contribution is 2.05. The molecule has 1 N–H and O–H groups in total. The minimum absolute atomic E-state index is 0.852. The van der Waals surface area contributed by atoms with E-state index in [1.165, 1.54) is 38.6 Å². The van der Waals surface area contributed by atoms with E-state index in [4.69, 9.17) is 4.74 Å². The van der Waals surface area contributed by atoms with Crippen LogP contribution in [-0.4, -0.2) is 50.8 Å². The van der Waals surface area contributed by atoms with Crippen molar-refractivity contribution in [2.24, 2.45) is 0 Å². The Balaban J connectivity index is 1.80. The zero-order valence-corrected chi connectivity index (χ0v) is 12.5. The molecule has 1 saturated heterocycles. The molecule has 3 heteroatoms. The normalized spacial score (nSPS) is 16.1. The van der Waals surface area contributed by atoms with Crippen LogP contribution in [0.2, 0.25) is 0 Å². The van der Waals surface area contributed by atoms with Crippen LogP contribution < -0.4 is 5.32 Å². The Bertz CT molecular complexity index is 251. The van der Waals surface area contributed by atoms with Crippen LogP contribution in [0.15, 0.2) is 0 Å². The highest BCUT2D eigenvalue weighted by Gasteiger charge is 2.08. The molecule has 1 heterocycles. The zero-order valence-electron chi connectivity index (χ0n) is 12.5. The Labute approximate surface area is 119 Å². The number of nitrogens with one attached hydrogen (secondary N) is 1. The van der Waals surface area contributed by atoms with Gasteiger partial charge in [0, 0.05) is 19.5 Å². The van der Waals surface area contributed by atoms with Crippen LogP contribution in [0.25, 0.3) is 0 Å². The molecule has 1 aliphatic rings. The molecule has 0 aromatic carbocycles. The lowest BCUT2D eigenvalue weighted by molar-refractivity contribution is 0.0371.